The average Bonchev–Trinajstić information content (AvgIpc) is 3.15. The first-order valence-electron chi connectivity index (χ1n) is 12.2. The van der Waals surface area contributed by atoms with Gasteiger partial charge in [0.15, 0.2) is 0 Å². The zero-order valence-electron chi connectivity index (χ0n) is 19.8. The lowest BCUT2D eigenvalue weighted by Gasteiger charge is -2.35. The maximum absolute atomic E-state index is 13.3. The van der Waals surface area contributed by atoms with Gasteiger partial charge in [0.2, 0.25) is 5.91 Å². The summed E-state index contributed by atoms with van der Waals surface area (Å²) in [6.07, 6.45) is 4.54. The number of likely N-dealkylation sites (tertiary alicyclic amines) is 1. The Balaban J connectivity index is 1.32. The second-order valence-electron chi connectivity index (χ2n) is 8.94. The van der Waals surface area contributed by atoms with Gasteiger partial charge in [-0.25, -0.2) is 0 Å². The Morgan fingerprint density at radius 1 is 0.829 bits per heavy atom. The SMILES string of the molecule is O=C(CN1CCN(C(=O)c2ccccc2Nc2ccc(OC(F)F)cc2)CC1)N1CCCCCC1. The Hall–Kier alpha value is -3.20. The molecule has 1 N–H and O–H groups in total. The Morgan fingerprint density at radius 2 is 1.49 bits per heavy atom. The van der Waals surface area contributed by atoms with Crippen molar-refractivity contribution < 1.29 is 23.1 Å². The summed E-state index contributed by atoms with van der Waals surface area (Å²) >= 11 is 0. The van der Waals surface area contributed by atoms with Crippen LogP contribution < -0.4 is 10.1 Å². The van der Waals surface area contributed by atoms with E-state index in [1.165, 1.54) is 25.0 Å². The largest absolute Gasteiger partial charge is 0.435 e. The molecule has 2 aromatic carbocycles. The molecule has 0 spiro atoms. The lowest BCUT2D eigenvalue weighted by atomic mass is 10.1. The molecule has 4 rings (SSSR count). The van der Waals surface area contributed by atoms with Crippen LogP contribution in [0.15, 0.2) is 48.5 Å². The third kappa shape index (κ3) is 6.91. The minimum absolute atomic E-state index is 0.0714. The Labute approximate surface area is 204 Å². The minimum Gasteiger partial charge on any atom is -0.435 e. The van der Waals surface area contributed by atoms with Crippen LogP contribution in [0.5, 0.6) is 5.75 Å². The molecule has 2 fully saturated rings. The summed E-state index contributed by atoms with van der Waals surface area (Å²) in [6, 6.07) is 13.4. The molecule has 0 aliphatic carbocycles. The van der Waals surface area contributed by atoms with E-state index in [1.54, 1.807) is 18.2 Å². The van der Waals surface area contributed by atoms with Crippen LogP contribution in [-0.2, 0) is 4.79 Å². The predicted octanol–water partition coefficient (Wildman–Crippen LogP) is 4.19. The number of alkyl halides is 2. The third-order valence-corrected chi connectivity index (χ3v) is 6.49. The van der Waals surface area contributed by atoms with Crippen molar-refractivity contribution in [3.8, 4) is 5.75 Å². The van der Waals surface area contributed by atoms with Gasteiger partial charge in [0, 0.05) is 45.0 Å². The van der Waals surface area contributed by atoms with Crippen LogP contribution in [0.4, 0.5) is 20.2 Å². The number of halogens is 2. The Morgan fingerprint density at radius 3 is 2.14 bits per heavy atom. The number of anilines is 2. The summed E-state index contributed by atoms with van der Waals surface area (Å²) in [6.45, 7) is 1.66. The molecule has 0 saturated carbocycles. The maximum Gasteiger partial charge on any atom is 0.387 e. The van der Waals surface area contributed by atoms with Gasteiger partial charge >= 0.3 is 6.61 Å². The number of amides is 2. The van der Waals surface area contributed by atoms with Crippen molar-refractivity contribution in [1.82, 2.24) is 14.7 Å². The normalized spacial score (nSPS) is 17.2. The van der Waals surface area contributed by atoms with Gasteiger partial charge in [0.25, 0.3) is 5.91 Å². The van der Waals surface area contributed by atoms with Crippen LogP contribution in [0, 0.1) is 0 Å². The second kappa shape index (κ2) is 12.0. The lowest BCUT2D eigenvalue weighted by molar-refractivity contribution is -0.132. The first kappa shape index (κ1) is 24.9. The summed E-state index contributed by atoms with van der Waals surface area (Å²) < 4.78 is 29.1. The molecule has 2 saturated heterocycles. The van der Waals surface area contributed by atoms with Crippen molar-refractivity contribution >= 4 is 23.2 Å². The highest BCUT2D eigenvalue weighted by atomic mass is 19.3. The highest BCUT2D eigenvalue weighted by molar-refractivity contribution is 6.00. The van der Waals surface area contributed by atoms with Gasteiger partial charge in [-0.05, 0) is 49.2 Å². The summed E-state index contributed by atoms with van der Waals surface area (Å²) in [4.78, 5) is 31.9. The standard InChI is InChI=1S/C26H32F2N4O3/c27-26(28)35-21-11-9-20(10-12-21)29-23-8-4-3-7-22(23)25(34)32-17-15-30(16-18-32)19-24(33)31-13-5-1-2-6-14-31/h3-4,7-12,26,29H,1-2,5-6,13-19H2. The van der Waals surface area contributed by atoms with Gasteiger partial charge in [-0.2, -0.15) is 8.78 Å². The molecule has 0 unspecified atom stereocenters. The molecular weight excluding hydrogens is 454 g/mol. The Bertz CT molecular complexity index is 986. The molecular formula is C26H32F2N4O3. The number of benzene rings is 2. The zero-order valence-corrected chi connectivity index (χ0v) is 19.8. The van der Waals surface area contributed by atoms with Gasteiger partial charge in [-0.1, -0.05) is 25.0 Å². The van der Waals surface area contributed by atoms with Crippen molar-refractivity contribution in [3.05, 3.63) is 54.1 Å². The van der Waals surface area contributed by atoms with Crippen molar-refractivity contribution in [1.29, 1.82) is 0 Å². The number of carbonyl (C=O) groups excluding carboxylic acids is 2. The van der Waals surface area contributed by atoms with E-state index in [9.17, 15) is 18.4 Å². The number of hydrogen-bond acceptors (Lipinski definition) is 5. The molecule has 2 aromatic rings. The summed E-state index contributed by atoms with van der Waals surface area (Å²) in [7, 11) is 0. The summed E-state index contributed by atoms with van der Waals surface area (Å²) in [5.74, 6) is 0.178. The number of para-hydroxylation sites is 1. The molecule has 2 aliphatic heterocycles. The van der Waals surface area contributed by atoms with Crippen molar-refractivity contribution in [2.24, 2.45) is 0 Å². The van der Waals surface area contributed by atoms with Crippen molar-refractivity contribution in [2.75, 3.05) is 51.1 Å². The molecule has 0 atom stereocenters. The Kier molecular flexibility index (Phi) is 8.52. The molecule has 2 heterocycles. The fourth-order valence-corrected chi connectivity index (χ4v) is 4.54. The monoisotopic (exact) mass is 486 g/mol. The number of piperazine rings is 1. The van der Waals surface area contributed by atoms with Crippen LogP contribution >= 0.6 is 0 Å². The van der Waals surface area contributed by atoms with E-state index in [0.717, 1.165) is 25.9 Å². The molecule has 2 amide bonds. The number of rotatable bonds is 7. The van der Waals surface area contributed by atoms with Crippen LogP contribution in [0.2, 0.25) is 0 Å². The number of carbonyl (C=O) groups is 2. The van der Waals surface area contributed by atoms with Gasteiger partial charge in [-0.3, -0.25) is 14.5 Å². The smallest absolute Gasteiger partial charge is 0.387 e. The topological polar surface area (TPSA) is 65.1 Å². The van der Waals surface area contributed by atoms with Crippen molar-refractivity contribution in [3.63, 3.8) is 0 Å². The van der Waals surface area contributed by atoms with Crippen LogP contribution in [-0.4, -0.2) is 78.9 Å². The average molecular weight is 487 g/mol. The fourth-order valence-electron chi connectivity index (χ4n) is 4.54. The van der Waals surface area contributed by atoms with Gasteiger partial charge in [0.1, 0.15) is 5.75 Å². The number of nitrogens with zero attached hydrogens (tertiary/aromatic N) is 3. The molecule has 0 aromatic heterocycles. The molecule has 188 valence electrons. The third-order valence-electron chi connectivity index (χ3n) is 6.49. The molecule has 7 nitrogen and oxygen atoms in total. The maximum atomic E-state index is 13.3. The number of nitrogens with one attached hydrogen (secondary N) is 1. The fraction of sp³-hybridized carbons (Fsp3) is 0.462. The highest BCUT2D eigenvalue weighted by Gasteiger charge is 2.26. The zero-order chi connectivity index (χ0) is 24.6. The van der Waals surface area contributed by atoms with E-state index in [4.69, 9.17) is 0 Å². The van der Waals surface area contributed by atoms with E-state index in [-0.39, 0.29) is 17.6 Å². The van der Waals surface area contributed by atoms with Gasteiger partial charge in [-0.15, -0.1) is 0 Å². The summed E-state index contributed by atoms with van der Waals surface area (Å²) in [5.41, 5.74) is 1.83. The van der Waals surface area contributed by atoms with Crippen LogP contribution in [0.3, 0.4) is 0 Å². The first-order chi connectivity index (χ1) is 17.0. The van der Waals surface area contributed by atoms with Gasteiger partial charge < -0.3 is 19.9 Å². The van der Waals surface area contributed by atoms with E-state index >= 15 is 0 Å². The van der Waals surface area contributed by atoms with E-state index in [2.05, 4.69) is 15.0 Å². The number of hydrogen-bond donors (Lipinski definition) is 1. The first-order valence-corrected chi connectivity index (χ1v) is 12.2. The van der Waals surface area contributed by atoms with Crippen LogP contribution in [0.25, 0.3) is 0 Å². The summed E-state index contributed by atoms with van der Waals surface area (Å²) in [5, 5.41) is 3.20. The quantitative estimate of drug-likeness (QED) is 0.636. The molecule has 0 bridgehead atoms. The number of ether oxygens (including phenoxy) is 1. The molecule has 35 heavy (non-hydrogen) atoms. The van der Waals surface area contributed by atoms with E-state index in [1.807, 2.05) is 28.0 Å². The van der Waals surface area contributed by atoms with Crippen molar-refractivity contribution in [2.45, 2.75) is 32.3 Å². The molecule has 9 heteroatoms. The molecule has 2 aliphatic rings. The van der Waals surface area contributed by atoms with Gasteiger partial charge in [0.05, 0.1) is 17.8 Å². The van der Waals surface area contributed by atoms with Crippen LogP contribution in [0.1, 0.15) is 36.0 Å². The van der Waals surface area contributed by atoms with E-state index < -0.39 is 6.61 Å². The highest BCUT2D eigenvalue weighted by Crippen LogP contribution is 2.25. The minimum atomic E-state index is -2.87. The predicted molar refractivity (Wildman–Crippen MR) is 130 cm³/mol. The molecule has 0 radical (unpaired) electrons. The lowest BCUT2D eigenvalue weighted by Crippen LogP contribution is -2.51. The second-order valence-corrected chi connectivity index (χ2v) is 8.94. The van der Waals surface area contributed by atoms with E-state index in [0.29, 0.717) is 49.7 Å².